The second kappa shape index (κ2) is 12.2. The van der Waals surface area contributed by atoms with Crippen molar-refractivity contribution in [2.24, 2.45) is 28.9 Å². The highest BCUT2D eigenvalue weighted by Crippen LogP contribution is 2.38. The molecule has 11 heteroatoms. The van der Waals surface area contributed by atoms with Gasteiger partial charge in [0.2, 0.25) is 17.6 Å². The Balaban J connectivity index is 1.79. The van der Waals surface area contributed by atoms with Gasteiger partial charge in [-0.1, -0.05) is 59.6 Å². The van der Waals surface area contributed by atoms with E-state index in [9.17, 15) is 32.3 Å². The summed E-state index contributed by atoms with van der Waals surface area (Å²) < 4.78 is 39.2. The first-order valence-corrected chi connectivity index (χ1v) is 14.0. The first-order valence-electron chi connectivity index (χ1n) is 14.0. The second-order valence-electron chi connectivity index (χ2n) is 12.6. The number of hydrogen-bond acceptors (Lipinski definition) is 5. The number of benzene rings is 1. The molecule has 1 aromatic rings. The Bertz CT molecular complexity index is 1210. The number of amides is 3. The smallest absolute Gasteiger partial charge is 0.398 e. The normalized spacial score (nSPS) is 20.6. The molecule has 1 unspecified atom stereocenters. The van der Waals surface area contributed by atoms with Crippen LogP contribution in [0.5, 0.6) is 0 Å². The molecule has 3 atom stereocenters. The number of alkyl halides is 3. The van der Waals surface area contributed by atoms with Crippen LogP contribution in [0.4, 0.5) is 18.9 Å². The lowest BCUT2D eigenvalue weighted by Crippen LogP contribution is -2.54. The molecule has 8 nitrogen and oxygen atoms in total. The van der Waals surface area contributed by atoms with Gasteiger partial charge in [0.1, 0.15) is 6.04 Å². The summed E-state index contributed by atoms with van der Waals surface area (Å²) in [5.74, 6) is -2.81. The lowest BCUT2D eigenvalue weighted by Gasteiger charge is -2.32. The van der Waals surface area contributed by atoms with E-state index < -0.39 is 46.8 Å². The molecule has 1 aromatic carbocycles. The Morgan fingerprint density at radius 1 is 1.15 bits per heavy atom. The Morgan fingerprint density at radius 3 is 2.27 bits per heavy atom. The van der Waals surface area contributed by atoms with Gasteiger partial charge in [0.05, 0.1) is 11.6 Å². The van der Waals surface area contributed by atoms with Gasteiger partial charge in [-0.3, -0.25) is 19.2 Å². The van der Waals surface area contributed by atoms with Crippen LogP contribution >= 0.6 is 0 Å². The van der Waals surface area contributed by atoms with Crippen molar-refractivity contribution >= 4 is 29.2 Å². The number of nitrogen functional groups attached to an aromatic ring is 1. The summed E-state index contributed by atoms with van der Waals surface area (Å²) in [6, 6.07) is 1.07. The molecule has 1 saturated heterocycles. The van der Waals surface area contributed by atoms with Crippen molar-refractivity contribution in [3.05, 3.63) is 41.5 Å². The van der Waals surface area contributed by atoms with Crippen molar-refractivity contribution in [3.63, 3.8) is 0 Å². The van der Waals surface area contributed by atoms with Gasteiger partial charge in [-0.05, 0) is 53.4 Å². The fourth-order valence-corrected chi connectivity index (χ4v) is 5.77. The number of Topliss-reactive ketones (excluding diaryl/α,β-unsaturated/α-hetero) is 1. The summed E-state index contributed by atoms with van der Waals surface area (Å²) in [5, 5.41) is 2.69. The Morgan fingerprint density at radius 2 is 1.78 bits per heavy atom. The number of ketones is 1. The average molecular weight is 579 g/mol. The average Bonchev–Trinajstić information content (AvgIpc) is 3.17. The third-order valence-corrected chi connectivity index (χ3v) is 8.35. The number of rotatable bonds is 11. The van der Waals surface area contributed by atoms with Crippen LogP contribution in [0, 0.1) is 23.2 Å². The van der Waals surface area contributed by atoms with E-state index in [0.29, 0.717) is 17.6 Å². The number of nitrogens with two attached hydrogens (primary N) is 2. The lowest BCUT2D eigenvalue weighted by molar-refractivity contribution is -0.141. The van der Waals surface area contributed by atoms with Crippen LogP contribution < -0.4 is 16.8 Å². The molecular weight excluding hydrogens is 537 g/mol. The third kappa shape index (κ3) is 7.68. The molecule has 3 amide bonds. The van der Waals surface area contributed by atoms with Crippen molar-refractivity contribution in [1.82, 2.24) is 10.2 Å². The van der Waals surface area contributed by atoms with Crippen LogP contribution in [-0.2, 0) is 31.8 Å². The zero-order valence-electron chi connectivity index (χ0n) is 24.1. The van der Waals surface area contributed by atoms with Gasteiger partial charge < -0.3 is 21.7 Å². The van der Waals surface area contributed by atoms with Gasteiger partial charge in [-0.2, -0.15) is 13.2 Å². The van der Waals surface area contributed by atoms with Crippen LogP contribution in [0.25, 0.3) is 0 Å². The summed E-state index contributed by atoms with van der Waals surface area (Å²) in [6.07, 6.45) is -1.19. The van der Waals surface area contributed by atoms with Crippen molar-refractivity contribution < 1.29 is 32.3 Å². The number of halogens is 3. The number of nitrogens with zero attached hydrogens (tertiary/aromatic N) is 1. The molecule has 5 N–H and O–H groups in total. The van der Waals surface area contributed by atoms with E-state index in [1.54, 1.807) is 0 Å². The summed E-state index contributed by atoms with van der Waals surface area (Å²) >= 11 is 0. The second-order valence-corrected chi connectivity index (χ2v) is 12.6. The molecule has 0 radical (unpaired) electrons. The van der Waals surface area contributed by atoms with E-state index >= 15 is 0 Å². The van der Waals surface area contributed by atoms with Gasteiger partial charge in [0, 0.05) is 24.6 Å². The minimum Gasteiger partial charge on any atom is -0.398 e. The predicted octanol–water partition coefficient (Wildman–Crippen LogP) is 4.02. The largest absolute Gasteiger partial charge is 0.416 e. The number of carbonyl (C=O) groups excluding carboxylic acids is 4. The summed E-state index contributed by atoms with van der Waals surface area (Å²) in [4.78, 5) is 53.0. The van der Waals surface area contributed by atoms with E-state index in [0.717, 1.165) is 31.4 Å². The highest BCUT2D eigenvalue weighted by molar-refractivity contribution is 6.37. The molecule has 0 spiro atoms. The van der Waals surface area contributed by atoms with Gasteiger partial charge in [0.15, 0.2) is 0 Å². The van der Waals surface area contributed by atoms with E-state index in [1.807, 2.05) is 27.7 Å². The van der Waals surface area contributed by atoms with Crippen molar-refractivity contribution in [2.75, 3.05) is 12.3 Å². The maximum atomic E-state index is 13.7. The summed E-state index contributed by atoms with van der Waals surface area (Å²) in [6.45, 7) is 11.9. The van der Waals surface area contributed by atoms with Crippen molar-refractivity contribution in [1.29, 1.82) is 0 Å². The molecule has 3 rings (SSSR count). The molecule has 2 fully saturated rings. The highest BCUT2D eigenvalue weighted by atomic mass is 19.4. The number of primary amides is 1. The maximum absolute atomic E-state index is 13.7. The van der Waals surface area contributed by atoms with Crippen LogP contribution in [0.3, 0.4) is 0 Å². The van der Waals surface area contributed by atoms with Crippen LogP contribution in [-0.4, -0.2) is 47.0 Å². The van der Waals surface area contributed by atoms with Gasteiger partial charge in [-0.15, -0.1) is 0 Å². The van der Waals surface area contributed by atoms with Gasteiger partial charge in [0.25, 0.3) is 5.91 Å². The monoisotopic (exact) mass is 578 g/mol. The van der Waals surface area contributed by atoms with Crippen molar-refractivity contribution in [2.45, 2.75) is 84.5 Å². The molecule has 1 aliphatic carbocycles. The number of carbonyl (C=O) groups is 4. The van der Waals surface area contributed by atoms with Crippen LogP contribution in [0.15, 0.2) is 30.4 Å². The molecule has 1 aliphatic heterocycles. The van der Waals surface area contributed by atoms with E-state index in [1.165, 1.54) is 11.0 Å². The standard InChI is InChI=1S/C30H41F3N4O4/c1-16(2)21-15-37(24(38)14-29(4,5)13-19-9-10-20(12-22(19)34)30(31,32)33)25(17(21)3)28(41)36-23(26(39)27(35)40)11-18-7-6-8-18/h9-10,12,16,18,21,23,25H,3,6-8,11,13-15,34H2,1-2,4-5H3,(H2,35,40)(H,36,41)/t21-,23?,25+/m1/s1. The molecule has 2 aliphatic rings. The zero-order chi connectivity index (χ0) is 30.9. The number of nitrogens with one attached hydrogen (secondary N) is 1. The first kappa shape index (κ1) is 32.1. The predicted molar refractivity (Wildman–Crippen MR) is 149 cm³/mol. The van der Waals surface area contributed by atoms with E-state index in [4.69, 9.17) is 11.5 Å². The minimum absolute atomic E-state index is 0.0105. The SMILES string of the molecule is C=C1[C@@H](C(=O)NC(CC2CCC2)C(=O)C(N)=O)N(C(=O)CC(C)(C)Cc2ccc(C(F)(F)F)cc2N)C[C@@H]1C(C)C. The molecule has 0 bridgehead atoms. The molecular formula is C30H41F3N4O4. The summed E-state index contributed by atoms with van der Waals surface area (Å²) in [7, 11) is 0. The third-order valence-electron chi connectivity index (χ3n) is 8.35. The van der Waals surface area contributed by atoms with E-state index in [-0.39, 0.29) is 48.7 Å². The number of hydrogen-bond donors (Lipinski definition) is 3. The summed E-state index contributed by atoms with van der Waals surface area (Å²) in [5.41, 5.74) is 10.6. The molecule has 41 heavy (non-hydrogen) atoms. The quantitative estimate of drug-likeness (QED) is 0.207. The zero-order valence-corrected chi connectivity index (χ0v) is 24.1. The fraction of sp³-hybridized carbons (Fsp3) is 0.600. The van der Waals surface area contributed by atoms with Crippen LogP contribution in [0.2, 0.25) is 0 Å². The van der Waals surface area contributed by atoms with Crippen LogP contribution in [0.1, 0.15) is 70.9 Å². The van der Waals surface area contributed by atoms with Crippen molar-refractivity contribution in [3.8, 4) is 0 Å². The highest BCUT2D eigenvalue weighted by Gasteiger charge is 2.45. The Kier molecular flexibility index (Phi) is 9.60. The Hall–Kier alpha value is -3.37. The minimum atomic E-state index is -4.52. The number of anilines is 1. The fourth-order valence-electron chi connectivity index (χ4n) is 5.77. The first-order chi connectivity index (χ1) is 18.9. The topological polar surface area (TPSA) is 136 Å². The molecule has 0 aromatic heterocycles. The van der Waals surface area contributed by atoms with Gasteiger partial charge >= 0.3 is 6.18 Å². The lowest BCUT2D eigenvalue weighted by atomic mass is 9.80. The van der Waals surface area contributed by atoms with Gasteiger partial charge in [-0.25, -0.2) is 0 Å². The number of likely N-dealkylation sites (tertiary alicyclic amines) is 1. The maximum Gasteiger partial charge on any atom is 0.416 e. The van der Waals surface area contributed by atoms with E-state index in [2.05, 4.69) is 11.9 Å². The molecule has 1 saturated carbocycles. The molecule has 1 heterocycles. The molecule has 226 valence electrons. The Labute approximate surface area is 239 Å².